The second-order valence-electron chi connectivity index (χ2n) is 5.52. The summed E-state index contributed by atoms with van der Waals surface area (Å²) < 4.78 is 12.7. The van der Waals surface area contributed by atoms with Crippen LogP contribution in [-0.2, 0) is 0 Å². The van der Waals surface area contributed by atoms with Crippen molar-refractivity contribution >= 4 is 11.8 Å². The predicted octanol–water partition coefficient (Wildman–Crippen LogP) is 4.11. The van der Waals surface area contributed by atoms with Gasteiger partial charge >= 0.3 is 0 Å². The summed E-state index contributed by atoms with van der Waals surface area (Å²) in [5.41, 5.74) is 0.265. The van der Waals surface area contributed by atoms with Crippen molar-refractivity contribution in [1.29, 1.82) is 0 Å². The quantitative estimate of drug-likeness (QED) is 0.800. The summed E-state index contributed by atoms with van der Waals surface area (Å²) in [6.45, 7) is 6.52. The molecule has 0 amide bonds. The molecule has 96 valence electrons. The summed E-state index contributed by atoms with van der Waals surface area (Å²) >= 11 is 1.57. The van der Waals surface area contributed by atoms with E-state index in [0.717, 1.165) is 17.7 Å². The van der Waals surface area contributed by atoms with Gasteiger partial charge in [-0.05, 0) is 42.5 Å². The minimum Gasteiger partial charge on any atom is -0.392 e. The average Bonchev–Trinajstić information content (AvgIpc) is 2.25. The molecule has 0 radical (unpaired) electrons. The maximum absolute atomic E-state index is 12.7. The Morgan fingerprint density at radius 1 is 1.24 bits per heavy atom. The highest BCUT2D eigenvalue weighted by atomic mass is 32.2. The zero-order chi connectivity index (χ0) is 12.9. The van der Waals surface area contributed by atoms with Crippen LogP contribution >= 0.6 is 11.8 Å². The van der Waals surface area contributed by atoms with Crippen molar-refractivity contribution in [3.8, 4) is 0 Å². The average molecular weight is 256 g/mol. The summed E-state index contributed by atoms with van der Waals surface area (Å²) in [4.78, 5) is 1.00. The Balaban J connectivity index is 2.28. The first-order valence-corrected chi connectivity index (χ1v) is 6.92. The van der Waals surface area contributed by atoms with Crippen LogP contribution in [0.2, 0.25) is 0 Å². The van der Waals surface area contributed by atoms with Crippen LogP contribution < -0.4 is 0 Å². The first-order valence-electron chi connectivity index (χ1n) is 5.93. The van der Waals surface area contributed by atoms with E-state index in [1.54, 1.807) is 23.9 Å². The molecule has 1 unspecified atom stereocenters. The van der Waals surface area contributed by atoms with Crippen molar-refractivity contribution in [2.24, 2.45) is 5.41 Å². The zero-order valence-corrected chi connectivity index (χ0v) is 11.6. The summed E-state index contributed by atoms with van der Waals surface area (Å²) in [6.07, 6.45) is 1.54. The van der Waals surface area contributed by atoms with Crippen LogP contribution in [0.5, 0.6) is 0 Å². The third-order valence-corrected chi connectivity index (χ3v) is 3.64. The molecule has 17 heavy (non-hydrogen) atoms. The van der Waals surface area contributed by atoms with Gasteiger partial charge in [0, 0.05) is 10.6 Å². The van der Waals surface area contributed by atoms with E-state index in [1.165, 1.54) is 12.1 Å². The maximum Gasteiger partial charge on any atom is 0.123 e. The van der Waals surface area contributed by atoms with E-state index in [2.05, 4.69) is 20.8 Å². The molecule has 0 bridgehead atoms. The molecule has 0 aliphatic heterocycles. The van der Waals surface area contributed by atoms with Crippen LogP contribution in [0.25, 0.3) is 0 Å². The van der Waals surface area contributed by atoms with Gasteiger partial charge in [-0.1, -0.05) is 20.8 Å². The van der Waals surface area contributed by atoms with E-state index < -0.39 is 0 Å². The smallest absolute Gasteiger partial charge is 0.123 e. The first kappa shape index (κ1) is 14.5. The van der Waals surface area contributed by atoms with Crippen LogP contribution in [0, 0.1) is 11.2 Å². The molecule has 1 atom stereocenters. The fourth-order valence-corrected chi connectivity index (χ4v) is 2.29. The number of aliphatic hydroxyl groups is 1. The van der Waals surface area contributed by atoms with E-state index in [-0.39, 0.29) is 17.3 Å². The van der Waals surface area contributed by atoms with Gasteiger partial charge < -0.3 is 5.11 Å². The van der Waals surface area contributed by atoms with Gasteiger partial charge in [-0.3, -0.25) is 0 Å². The molecular weight excluding hydrogens is 235 g/mol. The summed E-state index contributed by atoms with van der Waals surface area (Å²) in [7, 11) is 0. The molecule has 0 saturated heterocycles. The van der Waals surface area contributed by atoms with Gasteiger partial charge in [0.25, 0.3) is 0 Å². The number of hydrogen-bond donors (Lipinski definition) is 1. The van der Waals surface area contributed by atoms with Crippen molar-refractivity contribution in [2.75, 3.05) is 5.75 Å². The van der Waals surface area contributed by atoms with Gasteiger partial charge in [0.15, 0.2) is 0 Å². The number of aliphatic hydroxyl groups excluding tert-OH is 1. The summed E-state index contributed by atoms with van der Waals surface area (Å²) in [5.74, 6) is 0.449. The lowest BCUT2D eigenvalue weighted by Gasteiger charge is -2.20. The van der Waals surface area contributed by atoms with Crippen molar-refractivity contribution < 1.29 is 9.50 Å². The van der Waals surface area contributed by atoms with Gasteiger partial charge in [0.2, 0.25) is 0 Å². The molecular formula is C14H21FOS. The highest BCUT2D eigenvalue weighted by molar-refractivity contribution is 7.99. The molecule has 1 nitrogen and oxygen atoms in total. The third-order valence-electron chi connectivity index (χ3n) is 2.48. The second-order valence-corrected chi connectivity index (χ2v) is 6.61. The van der Waals surface area contributed by atoms with Crippen molar-refractivity contribution in [2.45, 2.75) is 44.6 Å². The molecule has 1 N–H and O–H groups in total. The van der Waals surface area contributed by atoms with Crippen molar-refractivity contribution in [1.82, 2.24) is 0 Å². The Morgan fingerprint density at radius 3 is 2.35 bits per heavy atom. The van der Waals surface area contributed by atoms with E-state index >= 15 is 0 Å². The Morgan fingerprint density at radius 2 is 1.82 bits per heavy atom. The van der Waals surface area contributed by atoms with E-state index in [1.807, 2.05) is 0 Å². The van der Waals surface area contributed by atoms with Gasteiger partial charge in [-0.25, -0.2) is 4.39 Å². The number of benzene rings is 1. The lowest BCUT2D eigenvalue weighted by Crippen LogP contribution is -2.14. The topological polar surface area (TPSA) is 20.2 Å². The Hall–Kier alpha value is -0.540. The molecule has 0 fully saturated rings. The van der Waals surface area contributed by atoms with Crippen molar-refractivity contribution in [3.05, 3.63) is 30.1 Å². The largest absolute Gasteiger partial charge is 0.392 e. The van der Waals surface area contributed by atoms with E-state index in [4.69, 9.17) is 0 Å². The normalized spacial score (nSPS) is 13.7. The molecule has 1 aromatic carbocycles. The second kappa shape index (κ2) is 6.41. The summed E-state index contributed by atoms with van der Waals surface area (Å²) in [6, 6.07) is 6.39. The van der Waals surface area contributed by atoms with Crippen LogP contribution in [0.3, 0.4) is 0 Å². The minimum atomic E-state index is -0.288. The molecule has 0 aliphatic carbocycles. The Bertz CT molecular complexity index is 329. The summed E-state index contributed by atoms with van der Waals surface area (Å²) in [5, 5.41) is 9.83. The SMILES string of the molecule is CC(C)(C)CCC(O)CSc1ccc(F)cc1. The lowest BCUT2D eigenvalue weighted by molar-refractivity contribution is 0.167. The molecule has 0 spiro atoms. The molecule has 0 heterocycles. The van der Waals surface area contributed by atoms with Gasteiger partial charge in [-0.2, -0.15) is 0 Å². The Kier molecular flexibility index (Phi) is 5.47. The van der Waals surface area contributed by atoms with Crippen LogP contribution in [-0.4, -0.2) is 17.0 Å². The fourth-order valence-electron chi connectivity index (χ4n) is 1.41. The highest BCUT2D eigenvalue weighted by Crippen LogP contribution is 2.24. The number of halogens is 1. The van der Waals surface area contributed by atoms with E-state index in [9.17, 15) is 9.50 Å². The maximum atomic E-state index is 12.7. The number of hydrogen-bond acceptors (Lipinski definition) is 2. The monoisotopic (exact) mass is 256 g/mol. The molecule has 0 saturated carbocycles. The van der Waals surface area contributed by atoms with Crippen LogP contribution in [0.4, 0.5) is 4.39 Å². The van der Waals surface area contributed by atoms with Gasteiger partial charge in [0.05, 0.1) is 6.10 Å². The van der Waals surface area contributed by atoms with Gasteiger partial charge in [0.1, 0.15) is 5.82 Å². The number of thioether (sulfide) groups is 1. The fraction of sp³-hybridized carbons (Fsp3) is 0.571. The molecule has 3 heteroatoms. The third kappa shape index (κ3) is 6.69. The van der Waals surface area contributed by atoms with Crippen molar-refractivity contribution in [3.63, 3.8) is 0 Å². The predicted molar refractivity (Wildman–Crippen MR) is 71.8 cm³/mol. The molecule has 0 aliphatic rings. The Labute approximate surface area is 107 Å². The van der Waals surface area contributed by atoms with Crippen LogP contribution in [0.15, 0.2) is 29.2 Å². The molecule has 1 aromatic rings. The van der Waals surface area contributed by atoms with Gasteiger partial charge in [-0.15, -0.1) is 11.8 Å². The molecule has 1 rings (SSSR count). The highest BCUT2D eigenvalue weighted by Gasteiger charge is 2.13. The molecule has 0 aromatic heterocycles. The zero-order valence-electron chi connectivity index (χ0n) is 10.7. The minimum absolute atomic E-state index is 0.220. The standard InChI is InChI=1S/C14H21FOS/c1-14(2,3)9-8-12(16)10-17-13-6-4-11(15)5-7-13/h4-7,12,16H,8-10H2,1-3H3. The van der Waals surface area contributed by atoms with Crippen LogP contribution in [0.1, 0.15) is 33.6 Å². The first-order chi connectivity index (χ1) is 7.87. The number of rotatable bonds is 5. The lowest BCUT2D eigenvalue weighted by atomic mass is 9.89. The van der Waals surface area contributed by atoms with E-state index in [0.29, 0.717) is 5.75 Å².